The molecule has 1 saturated heterocycles. The summed E-state index contributed by atoms with van der Waals surface area (Å²) in [6, 6.07) is 9.75. The Bertz CT molecular complexity index is 1090. The van der Waals surface area contributed by atoms with Crippen LogP contribution in [0.4, 0.5) is 11.4 Å². The van der Waals surface area contributed by atoms with E-state index in [-0.39, 0.29) is 27.5 Å². The molecule has 1 N–H and O–H groups in total. The molecule has 1 heterocycles. The van der Waals surface area contributed by atoms with Crippen molar-refractivity contribution in [3.05, 3.63) is 80.5 Å². The number of halogens is 1. The Labute approximate surface area is 175 Å². The summed E-state index contributed by atoms with van der Waals surface area (Å²) >= 11 is 6.08. The Hall–Kier alpha value is -3.72. The standard InChI is InChI=1S/C20H15ClN2O7/c1-20(2)29-18(25)14(19(26)30-20)10-22-16-8-7-11(23(27)28)9-13(16)17(24)12-5-3-4-6-15(12)21/h3-10,22H,1-2H3. The molecule has 10 heteroatoms. The van der Waals surface area contributed by atoms with Crippen LogP contribution in [-0.2, 0) is 19.1 Å². The molecule has 1 aliphatic rings. The average molecular weight is 431 g/mol. The molecular formula is C20H15ClN2O7. The summed E-state index contributed by atoms with van der Waals surface area (Å²) in [6.07, 6.45) is 1.02. The number of carbonyl (C=O) groups excluding carboxylic acids is 3. The van der Waals surface area contributed by atoms with Crippen LogP contribution in [-0.4, -0.2) is 28.4 Å². The zero-order chi connectivity index (χ0) is 22.1. The second kappa shape index (κ2) is 7.96. The Kier molecular flexibility index (Phi) is 5.57. The SMILES string of the molecule is CC1(C)OC(=O)C(=CNc2ccc([N+](=O)[O-])cc2C(=O)c2ccccc2Cl)C(=O)O1. The van der Waals surface area contributed by atoms with Crippen LogP contribution in [0.1, 0.15) is 29.8 Å². The molecule has 0 unspecified atom stereocenters. The summed E-state index contributed by atoms with van der Waals surface area (Å²) < 4.78 is 9.99. The highest BCUT2D eigenvalue weighted by Crippen LogP contribution is 2.28. The number of nitrogens with zero attached hydrogens (tertiary/aromatic N) is 1. The van der Waals surface area contributed by atoms with Gasteiger partial charge in [-0.05, 0) is 18.2 Å². The van der Waals surface area contributed by atoms with E-state index in [2.05, 4.69) is 5.32 Å². The van der Waals surface area contributed by atoms with Gasteiger partial charge in [-0.25, -0.2) is 9.59 Å². The van der Waals surface area contributed by atoms with Crippen LogP contribution in [0.5, 0.6) is 0 Å². The first kappa shape index (κ1) is 21.0. The van der Waals surface area contributed by atoms with Gasteiger partial charge in [0.1, 0.15) is 0 Å². The topological polar surface area (TPSA) is 125 Å². The quantitative estimate of drug-likeness (QED) is 0.190. The zero-order valence-electron chi connectivity index (χ0n) is 15.8. The van der Waals surface area contributed by atoms with Gasteiger partial charge >= 0.3 is 11.9 Å². The lowest BCUT2D eigenvalue weighted by Gasteiger charge is -2.29. The minimum atomic E-state index is -1.40. The summed E-state index contributed by atoms with van der Waals surface area (Å²) in [4.78, 5) is 47.6. The minimum absolute atomic E-state index is 0.0768. The van der Waals surface area contributed by atoms with E-state index in [1.165, 1.54) is 38.1 Å². The molecule has 0 radical (unpaired) electrons. The van der Waals surface area contributed by atoms with Gasteiger partial charge in [-0.1, -0.05) is 23.7 Å². The monoisotopic (exact) mass is 430 g/mol. The van der Waals surface area contributed by atoms with E-state index in [1.807, 2.05) is 0 Å². The lowest BCUT2D eigenvalue weighted by Crippen LogP contribution is -2.42. The maximum Gasteiger partial charge on any atom is 0.350 e. The van der Waals surface area contributed by atoms with E-state index in [4.69, 9.17) is 21.1 Å². The van der Waals surface area contributed by atoms with Crippen molar-refractivity contribution < 1.29 is 28.8 Å². The number of hydrogen-bond donors (Lipinski definition) is 1. The third-order valence-electron chi connectivity index (χ3n) is 4.07. The molecular weight excluding hydrogens is 416 g/mol. The van der Waals surface area contributed by atoms with Gasteiger partial charge in [-0.2, -0.15) is 0 Å². The molecule has 154 valence electrons. The highest BCUT2D eigenvalue weighted by molar-refractivity contribution is 6.35. The number of hydrogen-bond acceptors (Lipinski definition) is 8. The van der Waals surface area contributed by atoms with Crippen molar-refractivity contribution in [3.8, 4) is 0 Å². The van der Waals surface area contributed by atoms with Crippen molar-refractivity contribution in [2.24, 2.45) is 0 Å². The third kappa shape index (κ3) is 4.31. The number of esters is 2. The van der Waals surface area contributed by atoms with Crippen molar-refractivity contribution in [1.29, 1.82) is 0 Å². The predicted octanol–water partition coefficient (Wildman–Crippen LogP) is 3.61. The van der Waals surface area contributed by atoms with Gasteiger partial charge in [-0.15, -0.1) is 0 Å². The number of ether oxygens (including phenoxy) is 2. The van der Waals surface area contributed by atoms with Crippen LogP contribution in [0, 0.1) is 10.1 Å². The van der Waals surface area contributed by atoms with Crippen LogP contribution in [0.25, 0.3) is 0 Å². The van der Waals surface area contributed by atoms with Crippen LogP contribution in [0.3, 0.4) is 0 Å². The van der Waals surface area contributed by atoms with E-state index < -0.39 is 34.0 Å². The Balaban J connectivity index is 2.00. The largest absolute Gasteiger partial charge is 0.419 e. The summed E-state index contributed by atoms with van der Waals surface area (Å²) in [5, 5.41) is 14.0. The first-order chi connectivity index (χ1) is 14.1. The van der Waals surface area contributed by atoms with Gasteiger partial charge in [0.05, 0.1) is 15.5 Å². The van der Waals surface area contributed by atoms with Crippen molar-refractivity contribution in [2.75, 3.05) is 5.32 Å². The maximum absolute atomic E-state index is 13.0. The van der Waals surface area contributed by atoms with Crippen molar-refractivity contribution in [2.45, 2.75) is 19.6 Å². The van der Waals surface area contributed by atoms with Gasteiger partial charge in [-0.3, -0.25) is 14.9 Å². The highest BCUT2D eigenvalue weighted by Gasteiger charge is 2.39. The van der Waals surface area contributed by atoms with E-state index in [0.717, 1.165) is 12.3 Å². The number of rotatable bonds is 5. The lowest BCUT2D eigenvalue weighted by atomic mass is 10.0. The molecule has 2 aromatic rings. The number of anilines is 1. The first-order valence-electron chi connectivity index (χ1n) is 8.60. The van der Waals surface area contributed by atoms with E-state index in [9.17, 15) is 24.5 Å². The van der Waals surface area contributed by atoms with Gasteiger partial charge < -0.3 is 14.8 Å². The molecule has 2 aromatic carbocycles. The highest BCUT2D eigenvalue weighted by atomic mass is 35.5. The third-order valence-corrected chi connectivity index (χ3v) is 4.40. The Morgan fingerprint density at radius 1 is 1.10 bits per heavy atom. The van der Waals surface area contributed by atoms with Crippen LogP contribution in [0.15, 0.2) is 54.2 Å². The molecule has 0 amide bonds. The van der Waals surface area contributed by atoms with E-state index >= 15 is 0 Å². The number of nitrogens with one attached hydrogen (secondary N) is 1. The van der Waals surface area contributed by atoms with Crippen LogP contribution >= 0.6 is 11.6 Å². The number of cyclic esters (lactones) is 2. The molecule has 9 nitrogen and oxygen atoms in total. The second-order valence-corrected chi connectivity index (χ2v) is 7.08. The summed E-state index contributed by atoms with van der Waals surface area (Å²) in [5.74, 6) is -3.81. The number of carbonyl (C=O) groups is 3. The zero-order valence-corrected chi connectivity index (χ0v) is 16.6. The van der Waals surface area contributed by atoms with E-state index in [1.54, 1.807) is 12.1 Å². The van der Waals surface area contributed by atoms with Crippen LogP contribution < -0.4 is 5.32 Å². The van der Waals surface area contributed by atoms with Gasteiger partial charge in [0.15, 0.2) is 11.4 Å². The Morgan fingerprint density at radius 3 is 2.33 bits per heavy atom. The lowest BCUT2D eigenvalue weighted by molar-refractivity contribution is -0.384. The number of ketones is 1. The van der Waals surface area contributed by atoms with Gasteiger partial charge in [0.2, 0.25) is 0 Å². The fourth-order valence-corrected chi connectivity index (χ4v) is 2.90. The molecule has 1 aliphatic heterocycles. The summed E-state index contributed by atoms with van der Waals surface area (Å²) in [7, 11) is 0. The molecule has 0 aromatic heterocycles. The molecule has 1 fully saturated rings. The molecule has 30 heavy (non-hydrogen) atoms. The molecule has 0 spiro atoms. The molecule has 0 bridgehead atoms. The van der Waals surface area contributed by atoms with Crippen molar-refractivity contribution in [3.63, 3.8) is 0 Å². The molecule has 0 saturated carbocycles. The van der Waals surface area contributed by atoms with Crippen molar-refractivity contribution >= 4 is 40.7 Å². The maximum atomic E-state index is 13.0. The normalized spacial score (nSPS) is 15.1. The number of nitro benzene ring substituents is 1. The molecule has 3 rings (SSSR count). The van der Waals surface area contributed by atoms with Gasteiger partial charge in [0.25, 0.3) is 11.5 Å². The summed E-state index contributed by atoms with van der Waals surface area (Å²) in [5.41, 5.74) is -0.574. The fourth-order valence-electron chi connectivity index (χ4n) is 2.68. The average Bonchev–Trinajstić information content (AvgIpc) is 2.66. The van der Waals surface area contributed by atoms with E-state index in [0.29, 0.717) is 0 Å². The fraction of sp³-hybridized carbons (Fsp3) is 0.150. The minimum Gasteiger partial charge on any atom is -0.419 e. The molecule has 0 aliphatic carbocycles. The number of nitro groups is 1. The first-order valence-corrected chi connectivity index (χ1v) is 8.98. The molecule has 0 atom stereocenters. The van der Waals surface area contributed by atoms with Crippen LogP contribution in [0.2, 0.25) is 5.02 Å². The summed E-state index contributed by atoms with van der Waals surface area (Å²) in [6.45, 7) is 2.81. The second-order valence-electron chi connectivity index (χ2n) is 6.68. The van der Waals surface area contributed by atoms with Crippen molar-refractivity contribution in [1.82, 2.24) is 0 Å². The van der Waals surface area contributed by atoms with Gasteiger partial charge in [0, 0.05) is 43.4 Å². The predicted molar refractivity (Wildman–Crippen MR) is 106 cm³/mol. The smallest absolute Gasteiger partial charge is 0.350 e. The Morgan fingerprint density at radius 2 is 1.73 bits per heavy atom. The number of non-ortho nitro benzene ring substituents is 1. The number of benzene rings is 2.